The molecule has 0 saturated carbocycles. The third kappa shape index (κ3) is 8.38. The van der Waals surface area contributed by atoms with E-state index < -0.39 is 12.0 Å². The minimum Gasteiger partial charge on any atom is -0.465 e. The first-order valence-electron chi connectivity index (χ1n) is 6.70. The number of nitrogens with two attached hydrogens (primary N) is 2. The van der Waals surface area contributed by atoms with Crippen LogP contribution in [0.2, 0.25) is 0 Å². The highest BCUT2D eigenvalue weighted by atomic mass is 35.5. The molecule has 1 rings (SSSR count). The van der Waals surface area contributed by atoms with Crippen LogP contribution in [-0.4, -0.2) is 43.7 Å². The van der Waals surface area contributed by atoms with E-state index >= 15 is 0 Å². The van der Waals surface area contributed by atoms with E-state index in [9.17, 15) is 4.79 Å². The lowest BCUT2D eigenvalue weighted by Gasteiger charge is -2.20. The van der Waals surface area contributed by atoms with Crippen LogP contribution in [0, 0.1) is 0 Å². The SMILES string of the molecule is CCOC(=O)C(N)CC(CC1C=CC=CC(N)=N1)OC.Cl.Cl. The van der Waals surface area contributed by atoms with Gasteiger partial charge in [-0.15, -0.1) is 24.8 Å². The molecule has 6 nitrogen and oxygen atoms in total. The van der Waals surface area contributed by atoms with Crippen LogP contribution in [0.1, 0.15) is 19.8 Å². The molecule has 8 heteroatoms. The van der Waals surface area contributed by atoms with Crippen LogP contribution in [0.3, 0.4) is 0 Å². The maximum atomic E-state index is 11.5. The molecule has 0 saturated heterocycles. The standard InChI is InChI=1S/C14H23N3O3.2ClH/c1-3-20-14(18)12(15)9-11(19-2)8-10-6-4-5-7-13(16)17-10;;/h4-7,10-12H,3,8-9,15H2,1-2H3,(H2,16,17);2*1H. The lowest BCUT2D eigenvalue weighted by molar-refractivity contribution is -0.145. The summed E-state index contributed by atoms with van der Waals surface area (Å²) in [5.74, 6) is 0.0696. The summed E-state index contributed by atoms with van der Waals surface area (Å²) in [5.41, 5.74) is 11.5. The lowest BCUT2D eigenvalue weighted by atomic mass is 10.0. The molecule has 0 aromatic rings. The second-order valence-corrected chi connectivity index (χ2v) is 4.55. The predicted molar refractivity (Wildman–Crippen MR) is 92.8 cm³/mol. The van der Waals surface area contributed by atoms with Crippen LogP contribution in [0.4, 0.5) is 0 Å². The third-order valence-electron chi connectivity index (χ3n) is 2.97. The predicted octanol–water partition coefficient (Wildman–Crippen LogP) is 1.37. The maximum Gasteiger partial charge on any atom is 0.322 e. The van der Waals surface area contributed by atoms with Crippen LogP contribution in [0.15, 0.2) is 29.3 Å². The number of hydrogen-bond donors (Lipinski definition) is 2. The molecule has 1 heterocycles. The Bertz CT molecular complexity index is 414. The van der Waals surface area contributed by atoms with Crippen molar-refractivity contribution in [1.29, 1.82) is 0 Å². The average Bonchev–Trinajstić information content (AvgIpc) is 2.62. The highest BCUT2D eigenvalue weighted by Gasteiger charge is 2.22. The van der Waals surface area contributed by atoms with Gasteiger partial charge in [0.25, 0.3) is 0 Å². The molecule has 3 unspecified atom stereocenters. The number of rotatable bonds is 7. The summed E-state index contributed by atoms with van der Waals surface area (Å²) >= 11 is 0. The summed E-state index contributed by atoms with van der Waals surface area (Å²) in [6.07, 6.45) is 8.24. The van der Waals surface area contributed by atoms with Crippen molar-refractivity contribution in [2.75, 3.05) is 13.7 Å². The molecule has 0 aromatic heterocycles. The van der Waals surface area contributed by atoms with Crippen molar-refractivity contribution in [1.82, 2.24) is 0 Å². The molecule has 128 valence electrons. The highest BCUT2D eigenvalue weighted by Crippen LogP contribution is 2.14. The monoisotopic (exact) mass is 353 g/mol. The van der Waals surface area contributed by atoms with Crippen LogP contribution in [0.25, 0.3) is 0 Å². The number of nitrogens with zero attached hydrogens (tertiary/aromatic N) is 1. The van der Waals surface area contributed by atoms with Crippen molar-refractivity contribution in [2.24, 2.45) is 16.5 Å². The number of hydrogen-bond acceptors (Lipinski definition) is 6. The van der Waals surface area contributed by atoms with Gasteiger partial charge in [0.05, 0.1) is 18.8 Å². The van der Waals surface area contributed by atoms with Crippen LogP contribution in [0.5, 0.6) is 0 Å². The van der Waals surface area contributed by atoms with Gasteiger partial charge in [-0.05, 0) is 25.8 Å². The molecule has 0 aliphatic carbocycles. The van der Waals surface area contributed by atoms with Gasteiger partial charge in [0.1, 0.15) is 11.9 Å². The molecule has 3 atom stereocenters. The van der Waals surface area contributed by atoms with E-state index in [1.54, 1.807) is 20.1 Å². The Labute approximate surface area is 143 Å². The number of carbonyl (C=O) groups excluding carboxylic acids is 1. The van der Waals surface area contributed by atoms with E-state index in [1.165, 1.54) is 0 Å². The van der Waals surface area contributed by atoms with E-state index in [4.69, 9.17) is 20.9 Å². The zero-order chi connectivity index (χ0) is 15.0. The topological polar surface area (TPSA) is 99.9 Å². The Morgan fingerprint density at radius 1 is 1.41 bits per heavy atom. The first kappa shape index (κ1) is 23.2. The molecular weight excluding hydrogens is 329 g/mol. The van der Waals surface area contributed by atoms with Gasteiger partial charge in [0.15, 0.2) is 0 Å². The molecule has 0 aromatic carbocycles. The number of halogens is 2. The Hall–Kier alpha value is -1.08. The third-order valence-corrected chi connectivity index (χ3v) is 2.97. The number of esters is 1. The Balaban J connectivity index is 0. The molecule has 0 radical (unpaired) electrons. The second kappa shape index (κ2) is 12.5. The Kier molecular flexibility index (Phi) is 13.1. The summed E-state index contributed by atoms with van der Waals surface area (Å²) in [5, 5.41) is 0. The van der Waals surface area contributed by atoms with Crippen LogP contribution >= 0.6 is 24.8 Å². The fourth-order valence-corrected chi connectivity index (χ4v) is 1.94. The fraction of sp³-hybridized carbons (Fsp3) is 0.571. The number of allylic oxidation sites excluding steroid dienone is 2. The molecule has 0 amide bonds. The summed E-state index contributed by atoms with van der Waals surface area (Å²) in [6, 6.07) is -0.765. The highest BCUT2D eigenvalue weighted by molar-refractivity contribution is 5.92. The summed E-state index contributed by atoms with van der Waals surface area (Å²) in [6.45, 7) is 2.07. The van der Waals surface area contributed by atoms with E-state index in [0.29, 0.717) is 25.3 Å². The van der Waals surface area contributed by atoms with Crippen molar-refractivity contribution < 1.29 is 14.3 Å². The number of carbonyl (C=O) groups is 1. The van der Waals surface area contributed by atoms with Gasteiger partial charge in [-0.3, -0.25) is 9.79 Å². The van der Waals surface area contributed by atoms with Gasteiger partial charge < -0.3 is 20.9 Å². The van der Waals surface area contributed by atoms with Gasteiger partial charge in [-0.2, -0.15) is 0 Å². The van der Waals surface area contributed by atoms with E-state index in [0.717, 1.165) is 0 Å². The maximum absolute atomic E-state index is 11.5. The van der Waals surface area contributed by atoms with Gasteiger partial charge in [0.2, 0.25) is 0 Å². The van der Waals surface area contributed by atoms with Crippen molar-refractivity contribution in [2.45, 2.75) is 38.0 Å². The zero-order valence-corrected chi connectivity index (χ0v) is 14.4. The Morgan fingerprint density at radius 2 is 2.09 bits per heavy atom. The average molecular weight is 354 g/mol. The summed E-state index contributed by atoms with van der Waals surface area (Å²) in [7, 11) is 1.59. The van der Waals surface area contributed by atoms with E-state index in [2.05, 4.69) is 4.99 Å². The number of amidine groups is 1. The smallest absolute Gasteiger partial charge is 0.322 e. The molecule has 0 bridgehead atoms. The molecule has 0 spiro atoms. The van der Waals surface area contributed by atoms with Crippen molar-refractivity contribution in [3.8, 4) is 0 Å². The van der Waals surface area contributed by atoms with Gasteiger partial charge in [-0.1, -0.05) is 18.2 Å². The summed E-state index contributed by atoms with van der Waals surface area (Å²) < 4.78 is 10.3. The minimum absolute atomic E-state index is 0. The molecular formula is C14H25Cl2N3O3. The zero-order valence-electron chi connectivity index (χ0n) is 12.8. The Morgan fingerprint density at radius 3 is 2.68 bits per heavy atom. The molecule has 0 fully saturated rings. The van der Waals surface area contributed by atoms with Crippen molar-refractivity contribution >= 4 is 36.6 Å². The number of ether oxygens (including phenoxy) is 2. The van der Waals surface area contributed by atoms with E-state index in [-0.39, 0.29) is 37.0 Å². The lowest BCUT2D eigenvalue weighted by Crippen LogP contribution is -2.37. The van der Waals surface area contributed by atoms with E-state index in [1.807, 2.05) is 18.2 Å². The molecule has 1 aliphatic heterocycles. The van der Waals surface area contributed by atoms with Crippen LogP contribution in [-0.2, 0) is 14.3 Å². The number of aliphatic imine (C=N–C) groups is 1. The molecule has 1 aliphatic rings. The van der Waals surface area contributed by atoms with Crippen molar-refractivity contribution in [3.05, 3.63) is 24.3 Å². The first-order valence-corrected chi connectivity index (χ1v) is 6.70. The molecule has 22 heavy (non-hydrogen) atoms. The van der Waals surface area contributed by atoms with Gasteiger partial charge >= 0.3 is 5.97 Å². The largest absolute Gasteiger partial charge is 0.465 e. The van der Waals surface area contributed by atoms with Crippen molar-refractivity contribution in [3.63, 3.8) is 0 Å². The normalized spacial score (nSPS) is 19.0. The fourth-order valence-electron chi connectivity index (χ4n) is 1.94. The summed E-state index contributed by atoms with van der Waals surface area (Å²) in [4.78, 5) is 15.9. The van der Waals surface area contributed by atoms with Gasteiger partial charge in [-0.25, -0.2) is 0 Å². The number of methoxy groups -OCH3 is 1. The first-order chi connectivity index (χ1) is 9.56. The van der Waals surface area contributed by atoms with Crippen LogP contribution < -0.4 is 11.5 Å². The second-order valence-electron chi connectivity index (χ2n) is 4.55. The quantitative estimate of drug-likeness (QED) is 0.673. The minimum atomic E-state index is -0.686. The molecule has 4 N–H and O–H groups in total. The van der Waals surface area contributed by atoms with Gasteiger partial charge in [0, 0.05) is 7.11 Å².